The van der Waals surface area contributed by atoms with E-state index in [-0.39, 0.29) is 23.1 Å². The van der Waals surface area contributed by atoms with E-state index in [9.17, 15) is 14.7 Å². The second kappa shape index (κ2) is 9.04. The van der Waals surface area contributed by atoms with Gasteiger partial charge in [0.2, 0.25) is 5.91 Å². The third kappa shape index (κ3) is 4.08. The van der Waals surface area contributed by atoms with Crippen LogP contribution in [-0.4, -0.2) is 30.2 Å². The highest BCUT2D eigenvalue weighted by molar-refractivity contribution is 7.15. The molecule has 1 atom stereocenters. The molecule has 0 radical (unpaired) electrons. The Kier molecular flexibility index (Phi) is 6.19. The summed E-state index contributed by atoms with van der Waals surface area (Å²) in [5, 5.41) is 12.9. The van der Waals surface area contributed by atoms with Gasteiger partial charge in [-0.1, -0.05) is 35.9 Å². The molecule has 32 heavy (non-hydrogen) atoms. The van der Waals surface area contributed by atoms with Crippen molar-refractivity contribution < 1.29 is 24.2 Å². The molecule has 0 unspecified atom stereocenters. The Bertz CT molecular complexity index is 1170. The second-order valence-corrected chi connectivity index (χ2v) is 8.65. The number of aromatic carboxylic acids is 1. The first-order chi connectivity index (χ1) is 15.4. The van der Waals surface area contributed by atoms with Crippen LogP contribution in [-0.2, 0) is 4.79 Å². The molecule has 0 bridgehead atoms. The number of anilines is 1. The van der Waals surface area contributed by atoms with E-state index in [2.05, 4.69) is 5.32 Å². The van der Waals surface area contributed by atoms with Gasteiger partial charge in [0.25, 0.3) is 0 Å². The van der Waals surface area contributed by atoms with Gasteiger partial charge in [-0.15, -0.1) is 11.3 Å². The highest BCUT2D eigenvalue weighted by atomic mass is 32.1. The van der Waals surface area contributed by atoms with Crippen molar-refractivity contribution in [3.05, 3.63) is 63.3 Å². The number of hydrogen-bond donors (Lipinski definition) is 2. The molecule has 2 aromatic carbocycles. The zero-order valence-corrected chi connectivity index (χ0v) is 19.0. The number of fused-ring (bicyclic) bond motifs is 1. The first kappa shape index (κ1) is 21.9. The number of carboxylic acids is 1. The summed E-state index contributed by atoms with van der Waals surface area (Å²) in [6.07, 6.45) is 0.236. The number of carbonyl (C=O) groups is 2. The van der Waals surface area contributed by atoms with Crippen molar-refractivity contribution in [2.45, 2.75) is 33.1 Å². The lowest BCUT2D eigenvalue weighted by Gasteiger charge is -2.24. The fourth-order valence-electron chi connectivity index (χ4n) is 3.99. The van der Waals surface area contributed by atoms with Gasteiger partial charge in [-0.05, 0) is 44.0 Å². The Morgan fingerprint density at radius 1 is 1.09 bits per heavy atom. The molecule has 166 valence electrons. The van der Waals surface area contributed by atoms with E-state index < -0.39 is 5.97 Å². The number of benzene rings is 2. The standard InChI is InChI=1S/C25H25NO5S/c1-4-30-18-11-10-16(12-19(18)31-5-2)17-13-20(27)26-22-21(15-8-6-14(3)7-9-15)24(25(28)29)32-23(17)22/h6-12,17H,4-5,13H2,1-3H3,(H,26,27)(H,28,29)/t17-/m0/s1. The second-order valence-electron chi connectivity index (χ2n) is 7.59. The van der Waals surface area contributed by atoms with Gasteiger partial charge in [0.05, 0.1) is 18.9 Å². The van der Waals surface area contributed by atoms with Crippen LogP contribution in [0, 0.1) is 6.92 Å². The van der Waals surface area contributed by atoms with Crippen LogP contribution < -0.4 is 14.8 Å². The van der Waals surface area contributed by atoms with Crippen molar-refractivity contribution in [3.63, 3.8) is 0 Å². The van der Waals surface area contributed by atoms with E-state index in [0.717, 1.165) is 21.6 Å². The largest absolute Gasteiger partial charge is 0.490 e. The lowest BCUT2D eigenvalue weighted by molar-refractivity contribution is -0.116. The highest BCUT2D eigenvalue weighted by Crippen LogP contribution is 2.50. The van der Waals surface area contributed by atoms with Crippen LogP contribution in [0.1, 0.15) is 51.9 Å². The number of carboxylic acid groups (broad SMARTS) is 1. The zero-order valence-electron chi connectivity index (χ0n) is 18.2. The van der Waals surface area contributed by atoms with E-state index in [0.29, 0.717) is 36.0 Å². The predicted molar refractivity (Wildman–Crippen MR) is 125 cm³/mol. The topological polar surface area (TPSA) is 84.9 Å². The monoisotopic (exact) mass is 451 g/mol. The van der Waals surface area contributed by atoms with E-state index >= 15 is 0 Å². The maximum Gasteiger partial charge on any atom is 0.346 e. The van der Waals surface area contributed by atoms with Crippen LogP contribution in [0.4, 0.5) is 5.69 Å². The summed E-state index contributed by atoms with van der Waals surface area (Å²) in [6.45, 7) is 6.79. The van der Waals surface area contributed by atoms with Gasteiger partial charge in [0, 0.05) is 22.8 Å². The van der Waals surface area contributed by atoms with E-state index in [4.69, 9.17) is 9.47 Å². The van der Waals surface area contributed by atoms with Gasteiger partial charge >= 0.3 is 5.97 Å². The zero-order chi connectivity index (χ0) is 22.8. The van der Waals surface area contributed by atoms with Crippen molar-refractivity contribution in [1.29, 1.82) is 0 Å². The molecule has 0 saturated heterocycles. The summed E-state index contributed by atoms with van der Waals surface area (Å²) in [7, 11) is 0. The summed E-state index contributed by atoms with van der Waals surface area (Å²) in [6, 6.07) is 13.3. The number of carbonyl (C=O) groups excluding carboxylic acids is 1. The average molecular weight is 452 g/mol. The van der Waals surface area contributed by atoms with Gasteiger partial charge in [-0.25, -0.2) is 4.79 Å². The van der Waals surface area contributed by atoms with Crippen LogP contribution in [0.3, 0.4) is 0 Å². The Labute approximate surface area is 190 Å². The summed E-state index contributed by atoms with van der Waals surface area (Å²) >= 11 is 1.22. The molecule has 2 heterocycles. The van der Waals surface area contributed by atoms with Gasteiger partial charge in [-0.2, -0.15) is 0 Å². The van der Waals surface area contributed by atoms with Gasteiger partial charge in [0.1, 0.15) is 4.88 Å². The highest BCUT2D eigenvalue weighted by Gasteiger charge is 2.34. The molecule has 1 aliphatic heterocycles. The van der Waals surface area contributed by atoms with Crippen LogP contribution in [0.5, 0.6) is 11.5 Å². The number of thiophene rings is 1. The molecule has 0 aliphatic carbocycles. The molecule has 7 heteroatoms. The minimum Gasteiger partial charge on any atom is -0.490 e. The molecule has 2 N–H and O–H groups in total. The number of ether oxygens (including phenoxy) is 2. The van der Waals surface area contributed by atoms with Crippen molar-refractivity contribution in [2.75, 3.05) is 18.5 Å². The molecular weight excluding hydrogens is 426 g/mol. The normalized spacial score (nSPS) is 15.1. The first-order valence-corrected chi connectivity index (χ1v) is 11.4. The van der Waals surface area contributed by atoms with Crippen molar-refractivity contribution >= 4 is 28.9 Å². The summed E-state index contributed by atoms with van der Waals surface area (Å²) in [5.41, 5.74) is 3.89. The Morgan fingerprint density at radius 3 is 2.44 bits per heavy atom. The minimum atomic E-state index is -1.00. The number of rotatable bonds is 7. The van der Waals surface area contributed by atoms with E-state index in [1.54, 1.807) is 0 Å². The van der Waals surface area contributed by atoms with Crippen LogP contribution >= 0.6 is 11.3 Å². The number of amides is 1. The molecule has 4 rings (SSSR count). The Morgan fingerprint density at radius 2 is 1.78 bits per heavy atom. The van der Waals surface area contributed by atoms with Crippen molar-refractivity contribution in [1.82, 2.24) is 0 Å². The molecule has 0 spiro atoms. The molecule has 1 aromatic heterocycles. The SMILES string of the molecule is CCOc1ccc([C@@H]2CC(=O)Nc3c2sc(C(=O)O)c3-c2ccc(C)cc2)cc1OCC. The van der Waals surface area contributed by atoms with Crippen LogP contribution in [0.15, 0.2) is 42.5 Å². The molecule has 1 amide bonds. The molecule has 6 nitrogen and oxygen atoms in total. The summed E-state index contributed by atoms with van der Waals surface area (Å²) < 4.78 is 11.4. The van der Waals surface area contributed by atoms with E-state index in [1.807, 2.05) is 63.2 Å². The maximum atomic E-state index is 12.7. The van der Waals surface area contributed by atoms with Crippen molar-refractivity contribution in [2.24, 2.45) is 0 Å². The molecule has 0 fully saturated rings. The number of hydrogen-bond acceptors (Lipinski definition) is 5. The molecule has 1 aliphatic rings. The van der Waals surface area contributed by atoms with Crippen molar-refractivity contribution in [3.8, 4) is 22.6 Å². The lowest BCUT2D eigenvalue weighted by atomic mass is 9.88. The third-order valence-corrected chi connectivity index (χ3v) is 6.70. The number of nitrogens with one attached hydrogen (secondary N) is 1. The minimum absolute atomic E-state index is 0.141. The fraction of sp³-hybridized carbons (Fsp3) is 0.280. The average Bonchev–Trinajstić information content (AvgIpc) is 3.15. The molecule has 0 saturated carbocycles. The van der Waals surface area contributed by atoms with Gasteiger partial charge < -0.3 is 19.9 Å². The smallest absolute Gasteiger partial charge is 0.346 e. The van der Waals surface area contributed by atoms with E-state index in [1.165, 1.54) is 11.3 Å². The van der Waals surface area contributed by atoms with Crippen LogP contribution in [0.25, 0.3) is 11.1 Å². The molecular formula is C25H25NO5S. The Hall–Kier alpha value is -3.32. The predicted octanol–water partition coefficient (Wildman–Crippen LogP) is 5.69. The van der Waals surface area contributed by atoms with Gasteiger partial charge in [-0.3, -0.25) is 4.79 Å². The molecule has 3 aromatic rings. The number of aryl methyl sites for hydroxylation is 1. The summed E-state index contributed by atoms with van der Waals surface area (Å²) in [5.74, 6) is -0.146. The maximum absolute atomic E-state index is 12.7. The first-order valence-electron chi connectivity index (χ1n) is 10.6. The summed E-state index contributed by atoms with van der Waals surface area (Å²) in [4.78, 5) is 25.9. The fourth-order valence-corrected chi connectivity index (χ4v) is 5.23. The lowest BCUT2D eigenvalue weighted by Crippen LogP contribution is -2.22. The Balaban J connectivity index is 1.86. The quantitative estimate of drug-likeness (QED) is 0.482. The third-order valence-electron chi connectivity index (χ3n) is 5.41. The van der Waals surface area contributed by atoms with Crippen LogP contribution in [0.2, 0.25) is 0 Å². The van der Waals surface area contributed by atoms with Gasteiger partial charge in [0.15, 0.2) is 11.5 Å².